The third-order valence-corrected chi connectivity index (χ3v) is 7.63. The van der Waals surface area contributed by atoms with Gasteiger partial charge < -0.3 is 4.74 Å². The number of hydrogen-bond donors (Lipinski definition) is 1. The number of carbonyl (C=O) groups is 1. The molecule has 1 heterocycles. The normalized spacial score (nSPS) is 11.5. The number of rotatable bonds is 6. The van der Waals surface area contributed by atoms with Crippen molar-refractivity contribution in [2.75, 3.05) is 26.5 Å². The Hall–Kier alpha value is -2.27. The van der Waals surface area contributed by atoms with Crippen LogP contribution in [0.5, 0.6) is 5.75 Å². The lowest BCUT2D eigenvalue weighted by Gasteiger charge is -2.13. The molecule has 1 aromatic heterocycles. The number of halogens is 1. The van der Waals surface area contributed by atoms with Crippen molar-refractivity contribution in [2.24, 2.45) is 0 Å². The summed E-state index contributed by atoms with van der Waals surface area (Å²) in [6.45, 7) is 0. The summed E-state index contributed by atoms with van der Waals surface area (Å²) in [7, 11) is 0.780. The molecule has 0 spiro atoms. The van der Waals surface area contributed by atoms with Crippen LogP contribution in [0.15, 0.2) is 57.2 Å². The summed E-state index contributed by atoms with van der Waals surface area (Å²) in [6.07, 6.45) is 0. The predicted octanol–water partition coefficient (Wildman–Crippen LogP) is 4.08. The molecule has 0 radical (unpaired) electrons. The molecule has 7 nitrogen and oxygen atoms in total. The topological polar surface area (TPSA) is 88.6 Å². The lowest BCUT2D eigenvalue weighted by Crippen LogP contribution is -2.23. The highest BCUT2D eigenvalue weighted by molar-refractivity contribution is 9.10. The van der Waals surface area contributed by atoms with Crippen LogP contribution in [-0.2, 0) is 10.0 Å². The molecular weight excluding hydrogens is 478 g/mol. The summed E-state index contributed by atoms with van der Waals surface area (Å²) in [6, 6.07) is 11.9. The molecule has 152 valence electrons. The second kappa shape index (κ2) is 8.62. The molecule has 10 heteroatoms. The zero-order valence-corrected chi connectivity index (χ0v) is 19.1. The number of carbonyl (C=O) groups excluding carboxylic acids is 1. The number of hydrogen-bond acceptors (Lipinski definition) is 6. The molecular formula is C19H18BrN3O4S2. The Morgan fingerprint density at radius 2 is 1.86 bits per heavy atom. The number of thiazole rings is 1. The third-order valence-electron chi connectivity index (χ3n) is 4.06. The van der Waals surface area contributed by atoms with E-state index in [2.05, 4.69) is 26.2 Å². The van der Waals surface area contributed by atoms with E-state index in [1.165, 1.54) is 37.6 Å². The average Bonchev–Trinajstić information content (AvgIpc) is 3.16. The van der Waals surface area contributed by atoms with Gasteiger partial charge in [0.1, 0.15) is 5.75 Å². The maximum Gasteiger partial charge on any atom is 0.257 e. The van der Waals surface area contributed by atoms with Gasteiger partial charge >= 0.3 is 0 Å². The number of sulfonamides is 1. The average molecular weight is 496 g/mol. The number of nitrogens with one attached hydrogen (secondary N) is 1. The van der Waals surface area contributed by atoms with Crippen LogP contribution in [0.1, 0.15) is 10.4 Å². The van der Waals surface area contributed by atoms with Gasteiger partial charge in [0, 0.05) is 35.1 Å². The van der Waals surface area contributed by atoms with Crippen LogP contribution in [0.4, 0.5) is 5.13 Å². The van der Waals surface area contributed by atoms with Gasteiger partial charge in [-0.1, -0.05) is 0 Å². The molecule has 0 saturated carbocycles. The molecule has 0 unspecified atom stereocenters. The van der Waals surface area contributed by atoms with Crippen LogP contribution in [0.25, 0.3) is 11.3 Å². The number of anilines is 1. The van der Waals surface area contributed by atoms with Crippen molar-refractivity contribution < 1.29 is 17.9 Å². The Morgan fingerprint density at radius 1 is 1.17 bits per heavy atom. The van der Waals surface area contributed by atoms with Crippen LogP contribution in [0.2, 0.25) is 0 Å². The molecule has 1 amide bonds. The molecule has 0 fully saturated rings. The van der Waals surface area contributed by atoms with E-state index in [-0.39, 0.29) is 10.5 Å². The monoisotopic (exact) mass is 495 g/mol. The van der Waals surface area contributed by atoms with Crippen molar-refractivity contribution >= 4 is 48.3 Å². The van der Waals surface area contributed by atoms with E-state index < -0.39 is 15.9 Å². The molecule has 29 heavy (non-hydrogen) atoms. The summed E-state index contributed by atoms with van der Waals surface area (Å²) in [5, 5.41) is 4.97. The summed E-state index contributed by atoms with van der Waals surface area (Å²) in [4.78, 5) is 17.1. The van der Waals surface area contributed by atoms with E-state index in [1.807, 2.05) is 29.6 Å². The molecule has 0 aliphatic rings. The first-order valence-electron chi connectivity index (χ1n) is 8.36. The first-order chi connectivity index (χ1) is 13.7. The van der Waals surface area contributed by atoms with Gasteiger partial charge in [0.15, 0.2) is 5.13 Å². The number of amides is 1. The standard InChI is InChI=1S/C19H18BrN3O4S2/c1-23(2)29(25,26)17-10-13(6-9-15(17)20)18(24)22-19-21-16(11-28-19)12-4-7-14(27-3)8-5-12/h4-11H,1-3H3,(H,21,22,24). The van der Waals surface area contributed by atoms with Gasteiger partial charge in [0.2, 0.25) is 10.0 Å². The summed E-state index contributed by atoms with van der Waals surface area (Å²) in [5.41, 5.74) is 1.83. The number of methoxy groups -OCH3 is 1. The van der Waals surface area contributed by atoms with Gasteiger partial charge in [-0.05, 0) is 58.4 Å². The van der Waals surface area contributed by atoms with Crippen molar-refractivity contribution in [3.63, 3.8) is 0 Å². The van der Waals surface area contributed by atoms with Gasteiger partial charge in [-0.3, -0.25) is 10.1 Å². The first-order valence-corrected chi connectivity index (χ1v) is 11.5. The van der Waals surface area contributed by atoms with Gasteiger partial charge in [0.25, 0.3) is 5.91 Å². The van der Waals surface area contributed by atoms with Gasteiger partial charge in [-0.2, -0.15) is 0 Å². The fraction of sp³-hybridized carbons (Fsp3) is 0.158. The van der Waals surface area contributed by atoms with E-state index >= 15 is 0 Å². The molecule has 0 bridgehead atoms. The minimum atomic E-state index is -3.69. The summed E-state index contributed by atoms with van der Waals surface area (Å²) >= 11 is 4.52. The van der Waals surface area contributed by atoms with E-state index in [1.54, 1.807) is 13.2 Å². The molecule has 1 N–H and O–H groups in total. The Balaban J connectivity index is 1.81. The molecule has 3 rings (SSSR count). The van der Waals surface area contributed by atoms with E-state index in [0.29, 0.717) is 9.60 Å². The fourth-order valence-corrected chi connectivity index (χ4v) is 4.99. The van der Waals surface area contributed by atoms with Crippen LogP contribution in [0.3, 0.4) is 0 Å². The van der Waals surface area contributed by atoms with Crippen LogP contribution in [-0.4, -0.2) is 44.8 Å². The SMILES string of the molecule is COc1ccc(-c2csc(NC(=O)c3ccc(Br)c(S(=O)(=O)N(C)C)c3)n2)cc1. The minimum absolute atomic E-state index is 0.0215. The molecule has 3 aromatic rings. The molecule has 2 aromatic carbocycles. The largest absolute Gasteiger partial charge is 0.497 e. The van der Waals surface area contributed by atoms with Crippen molar-refractivity contribution in [1.82, 2.24) is 9.29 Å². The molecule has 0 atom stereocenters. The minimum Gasteiger partial charge on any atom is -0.497 e. The zero-order valence-electron chi connectivity index (χ0n) is 15.8. The van der Waals surface area contributed by atoms with E-state index in [4.69, 9.17) is 4.74 Å². The second-order valence-electron chi connectivity index (χ2n) is 6.15. The highest BCUT2D eigenvalue weighted by Crippen LogP contribution is 2.28. The van der Waals surface area contributed by atoms with Crippen LogP contribution >= 0.6 is 27.3 Å². The number of aromatic nitrogens is 1. The molecule has 0 aliphatic heterocycles. The zero-order chi connectivity index (χ0) is 21.2. The van der Waals surface area contributed by atoms with Gasteiger partial charge in [-0.15, -0.1) is 11.3 Å². The summed E-state index contributed by atoms with van der Waals surface area (Å²) in [5.74, 6) is 0.305. The number of ether oxygens (including phenoxy) is 1. The Bertz CT molecular complexity index is 1140. The van der Waals surface area contributed by atoms with Crippen molar-refractivity contribution in [3.05, 3.63) is 57.9 Å². The summed E-state index contributed by atoms with van der Waals surface area (Å²) < 4.78 is 31.5. The van der Waals surface area contributed by atoms with Crippen LogP contribution in [0, 0.1) is 0 Å². The van der Waals surface area contributed by atoms with Crippen molar-refractivity contribution in [1.29, 1.82) is 0 Å². The smallest absolute Gasteiger partial charge is 0.257 e. The first kappa shape index (κ1) is 21.4. The van der Waals surface area contributed by atoms with Crippen molar-refractivity contribution in [2.45, 2.75) is 4.90 Å². The number of benzene rings is 2. The quantitative estimate of drug-likeness (QED) is 0.556. The maximum absolute atomic E-state index is 12.6. The van der Waals surface area contributed by atoms with E-state index in [0.717, 1.165) is 21.3 Å². The second-order valence-corrected chi connectivity index (χ2v) is 9.99. The molecule has 0 aliphatic carbocycles. The Morgan fingerprint density at radius 3 is 2.48 bits per heavy atom. The Labute approximate surface area is 181 Å². The number of nitrogens with zero attached hydrogens (tertiary/aromatic N) is 2. The van der Waals surface area contributed by atoms with E-state index in [9.17, 15) is 13.2 Å². The highest BCUT2D eigenvalue weighted by Gasteiger charge is 2.22. The molecule has 0 saturated heterocycles. The Kier molecular flexibility index (Phi) is 6.37. The predicted molar refractivity (Wildman–Crippen MR) is 117 cm³/mol. The van der Waals surface area contributed by atoms with Gasteiger partial charge in [-0.25, -0.2) is 17.7 Å². The lowest BCUT2D eigenvalue weighted by molar-refractivity contribution is 0.102. The van der Waals surface area contributed by atoms with Crippen LogP contribution < -0.4 is 10.1 Å². The highest BCUT2D eigenvalue weighted by atomic mass is 79.9. The van der Waals surface area contributed by atoms with Crippen molar-refractivity contribution in [3.8, 4) is 17.0 Å². The third kappa shape index (κ3) is 4.67. The fourth-order valence-electron chi connectivity index (χ4n) is 2.43. The lowest BCUT2D eigenvalue weighted by atomic mass is 10.2. The maximum atomic E-state index is 12.6. The van der Waals surface area contributed by atoms with Gasteiger partial charge in [0.05, 0.1) is 17.7 Å².